The van der Waals surface area contributed by atoms with Crippen molar-refractivity contribution in [3.8, 4) is 0 Å². The van der Waals surface area contributed by atoms with Crippen LogP contribution in [0.25, 0.3) is 0 Å². The molecule has 2 heterocycles. The zero-order valence-corrected chi connectivity index (χ0v) is 13.8. The van der Waals surface area contributed by atoms with Crippen LogP contribution in [-0.4, -0.2) is 24.3 Å². The first-order chi connectivity index (χ1) is 9.97. The average molecular weight is 388 g/mol. The van der Waals surface area contributed by atoms with E-state index in [0.29, 0.717) is 15.2 Å². The number of nitrogens with one attached hydrogen (secondary N) is 1. The van der Waals surface area contributed by atoms with Gasteiger partial charge in [-0.3, -0.25) is 4.79 Å². The van der Waals surface area contributed by atoms with Crippen molar-refractivity contribution in [2.75, 3.05) is 0 Å². The van der Waals surface area contributed by atoms with Crippen molar-refractivity contribution in [1.82, 2.24) is 14.7 Å². The smallest absolute Gasteiger partial charge is 0.267 e. The van der Waals surface area contributed by atoms with Crippen LogP contribution in [0.5, 0.6) is 0 Å². The molecule has 0 saturated heterocycles. The molecule has 0 spiro atoms. The van der Waals surface area contributed by atoms with Crippen LogP contribution in [0.1, 0.15) is 34.1 Å². The Morgan fingerprint density at radius 3 is 2.71 bits per heavy atom. The molecule has 0 atom stereocenters. The maximum absolute atomic E-state index is 12.2. The van der Waals surface area contributed by atoms with E-state index in [9.17, 15) is 13.2 Å². The highest BCUT2D eigenvalue weighted by Gasteiger charge is 2.32. The lowest BCUT2D eigenvalue weighted by Gasteiger charge is -2.06. The zero-order chi connectivity index (χ0) is 15.0. The van der Waals surface area contributed by atoms with Gasteiger partial charge in [-0.15, -0.1) is 11.3 Å². The molecule has 1 aliphatic rings. The maximum Gasteiger partial charge on any atom is 0.277 e. The average Bonchev–Trinajstić information content (AvgIpc) is 3.15. The summed E-state index contributed by atoms with van der Waals surface area (Å²) in [6.45, 7) is 0. The van der Waals surface area contributed by atoms with Gasteiger partial charge >= 0.3 is 0 Å². The molecule has 1 N–H and O–H groups in total. The molecule has 3 rings (SSSR count). The van der Waals surface area contributed by atoms with Crippen molar-refractivity contribution in [3.63, 3.8) is 0 Å². The van der Waals surface area contributed by atoms with E-state index in [2.05, 4.69) is 30.6 Å². The van der Waals surface area contributed by atoms with Crippen LogP contribution >= 0.6 is 27.3 Å². The standard InChI is InChI=1S/C12H10BrN3O3S2/c13-9-4-3-8(5-14-9)21(18,19)16-12(17)11-10(7-1-2-7)15-6-20-11/h3-7H,1-2H2,(H,16,17). The van der Waals surface area contributed by atoms with Gasteiger partial charge in [0, 0.05) is 12.1 Å². The number of pyridine rings is 1. The van der Waals surface area contributed by atoms with Crippen LogP contribution in [0.3, 0.4) is 0 Å². The lowest BCUT2D eigenvalue weighted by atomic mass is 10.2. The topological polar surface area (TPSA) is 89.0 Å². The van der Waals surface area contributed by atoms with Crippen LogP contribution in [-0.2, 0) is 10.0 Å². The van der Waals surface area contributed by atoms with Gasteiger partial charge in [0.1, 0.15) is 14.4 Å². The second-order valence-electron chi connectivity index (χ2n) is 4.59. The number of hydrogen-bond acceptors (Lipinski definition) is 6. The third-order valence-corrected chi connectivity index (χ3v) is 5.63. The number of sulfonamides is 1. The highest BCUT2D eigenvalue weighted by atomic mass is 79.9. The van der Waals surface area contributed by atoms with E-state index in [1.165, 1.54) is 18.3 Å². The number of thiazole rings is 1. The van der Waals surface area contributed by atoms with Gasteiger partial charge in [-0.1, -0.05) is 0 Å². The number of carbonyl (C=O) groups is 1. The van der Waals surface area contributed by atoms with Crippen LogP contribution in [0.4, 0.5) is 0 Å². The van der Waals surface area contributed by atoms with Gasteiger partial charge in [-0.05, 0) is 40.9 Å². The Kier molecular flexibility index (Phi) is 3.80. The summed E-state index contributed by atoms with van der Waals surface area (Å²) in [6, 6.07) is 2.88. The van der Waals surface area contributed by atoms with Crippen molar-refractivity contribution in [2.45, 2.75) is 23.7 Å². The number of rotatable bonds is 4. The molecule has 2 aromatic heterocycles. The molecule has 2 aromatic rings. The lowest BCUT2D eigenvalue weighted by Crippen LogP contribution is -2.30. The van der Waals surface area contributed by atoms with Gasteiger partial charge in [0.2, 0.25) is 0 Å². The minimum absolute atomic E-state index is 0.0588. The summed E-state index contributed by atoms with van der Waals surface area (Å²) < 4.78 is 26.9. The molecule has 1 aliphatic carbocycles. The van der Waals surface area contributed by atoms with E-state index in [1.807, 2.05) is 0 Å². The number of amides is 1. The predicted molar refractivity (Wildman–Crippen MR) is 80.7 cm³/mol. The largest absolute Gasteiger partial charge is 0.277 e. The van der Waals surface area contributed by atoms with E-state index in [0.717, 1.165) is 24.2 Å². The Morgan fingerprint density at radius 1 is 1.33 bits per heavy atom. The summed E-state index contributed by atoms with van der Waals surface area (Å²) >= 11 is 4.28. The summed E-state index contributed by atoms with van der Waals surface area (Å²) in [5.74, 6) is -0.351. The Balaban J connectivity index is 1.83. The van der Waals surface area contributed by atoms with E-state index >= 15 is 0 Å². The summed E-state index contributed by atoms with van der Waals surface area (Å²) in [7, 11) is -3.93. The fourth-order valence-corrected chi connectivity index (χ4v) is 3.79. The summed E-state index contributed by atoms with van der Waals surface area (Å²) in [5.41, 5.74) is 2.26. The van der Waals surface area contributed by atoms with Gasteiger partial charge in [0.15, 0.2) is 0 Å². The first-order valence-corrected chi connectivity index (χ1v) is 9.25. The summed E-state index contributed by atoms with van der Waals surface area (Å²) in [6.07, 6.45) is 3.18. The molecule has 6 nitrogen and oxygen atoms in total. The van der Waals surface area contributed by atoms with Crippen molar-refractivity contribution in [2.24, 2.45) is 0 Å². The van der Waals surface area contributed by atoms with E-state index in [1.54, 1.807) is 5.51 Å². The molecule has 0 aromatic carbocycles. The number of carbonyl (C=O) groups excluding carboxylic acids is 1. The second-order valence-corrected chi connectivity index (χ2v) is 7.94. The first-order valence-electron chi connectivity index (χ1n) is 6.09. The minimum atomic E-state index is -3.93. The highest BCUT2D eigenvalue weighted by Crippen LogP contribution is 2.41. The zero-order valence-electron chi connectivity index (χ0n) is 10.6. The molecular formula is C12H10BrN3O3S2. The van der Waals surface area contributed by atoms with Gasteiger partial charge in [-0.2, -0.15) is 0 Å². The molecule has 1 fully saturated rings. The van der Waals surface area contributed by atoms with Gasteiger partial charge < -0.3 is 0 Å². The van der Waals surface area contributed by atoms with Gasteiger partial charge in [-0.25, -0.2) is 23.1 Å². The molecule has 0 unspecified atom stereocenters. The van der Waals surface area contributed by atoms with Gasteiger partial charge in [0.25, 0.3) is 15.9 Å². The molecule has 110 valence electrons. The van der Waals surface area contributed by atoms with Gasteiger partial charge in [0.05, 0.1) is 11.2 Å². The molecule has 0 radical (unpaired) electrons. The number of hydrogen-bond donors (Lipinski definition) is 1. The van der Waals surface area contributed by atoms with Crippen molar-refractivity contribution in [3.05, 3.63) is 39.0 Å². The third-order valence-electron chi connectivity index (χ3n) is 3.00. The third kappa shape index (κ3) is 3.14. The quantitative estimate of drug-likeness (QED) is 0.812. The minimum Gasteiger partial charge on any atom is -0.267 e. The number of halogens is 1. The Morgan fingerprint density at radius 2 is 2.10 bits per heavy atom. The fourth-order valence-electron chi connectivity index (χ4n) is 1.82. The predicted octanol–water partition coefficient (Wildman–Crippen LogP) is 2.30. The highest BCUT2D eigenvalue weighted by molar-refractivity contribution is 9.10. The monoisotopic (exact) mass is 387 g/mol. The Labute approximate surface area is 133 Å². The van der Waals surface area contributed by atoms with Crippen LogP contribution < -0.4 is 4.72 Å². The molecule has 9 heteroatoms. The fraction of sp³-hybridized carbons (Fsp3) is 0.250. The van der Waals surface area contributed by atoms with Crippen molar-refractivity contribution in [1.29, 1.82) is 0 Å². The summed E-state index contributed by atoms with van der Waals surface area (Å²) in [4.78, 5) is 20.5. The SMILES string of the molecule is O=C(NS(=O)(=O)c1ccc(Br)nc1)c1scnc1C1CC1. The maximum atomic E-state index is 12.2. The Hall–Kier alpha value is -1.32. The molecule has 0 aliphatic heterocycles. The molecule has 1 saturated carbocycles. The Bertz CT molecular complexity index is 782. The van der Waals surface area contributed by atoms with E-state index in [-0.39, 0.29) is 10.8 Å². The summed E-state index contributed by atoms with van der Waals surface area (Å²) in [5, 5.41) is 0. The lowest BCUT2D eigenvalue weighted by molar-refractivity contribution is 0.0984. The van der Waals surface area contributed by atoms with E-state index in [4.69, 9.17) is 0 Å². The first kappa shape index (κ1) is 14.6. The van der Waals surface area contributed by atoms with Crippen LogP contribution in [0, 0.1) is 0 Å². The molecule has 21 heavy (non-hydrogen) atoms. The van der Waals surface area contributed by atoms with Crippen molar-refractivity contribution >= 4 is 43.2 Å². The van der Waals surface area contributed by atoms with Crippen LogP contribution in [0.15, 0.2) is 33.3 Å². The number of aromatic nitrogens is 2. The normalized spacial score (nSPS) is 14.9. The molecular weight excluding hydrogens is 378 g/mol. The van der Waals surface area contributed by atoms with Crippen molar-refractivity contribution < 1.29 is 13.2 Å². The van der Waals surface area contributed by atoms with E-state index < -0.39 is 15.9 Å². The second kappa shape index (κ2) is 5.47. The number of nitrogens with zero attached hydrogens (tertiary/aromatic N) is 2. The molecule has 0 bridgehead atoms. The van der Waals surface area contributed by atoms with Crippen LogP contribution in [0.2, 0.25) is 0 Å². The molecule has 1 amide bonds.